The highest BCUT2D eigenvalue weighted by atomic mass is 16.5. The quantitative estimate of drug-likeness (QED) is 0.838. The summed E-state index contributed by atoms with van der Waals surface area (Å²) in [5.74, 6) is 1.07. The molecule has 0 aliphatic heterocycles. The third-order valence-electron chi connectivity index (χ3n) is 3.85. The number of hydrogen-bond acceptors (Lipinski definition) is 3. The first-order chi connectivity index (χ1) is 11.0. The number of hydrogen-bond donors (Lipinski definition) is 0. The van der Waals surface area contributed by atoms with Gasteiger partial charge in [-0.2, -0.15) is 0 Å². The molecule has 2 rings (SSSR count). The van der Waals surface area contributed by atoms with Gasteiger partial charge in [0.2, 0.25) is 0 Å². The van der Waals surface area contributed by atoms with Gasteiger partial charge in [-0.05, 0) is 56.2 Å². The van der Waals surface area contributed by atoms with Crippen molar-refractivity contribution < 1.29 is 14.3 Å². The summed E-state index contributed by atoms with van der Waals surface area (Å²) in [5.41, 5.74) is 3.60. The minimum Gasteiger partial charge on any atom is -0.497 e. The molecule has 0 aliphatic carbocycles. The topological polar surface area (TPSA) is 38.8 Å². The summed E-state index contributed by atoms with van der Waals surface area (Å²) in [6, 6.07) is 11.4. The van der Waals surface area contributed by atoms with Gasteiger partial charge >= 0.3 is 0 Å². The van der Waals surface area contributed by atoms with Crippen molar-refractivity contribution in [2.45, 2.75) is 20.8 Å². The molecule has 2 aromatic rings. The summed E-state index contributed by atoms with van der Waals surface area (Å²) in [6.45, 7) is 6.57. The molecule has 0 aliphatic rings. The smallest absolute Gasteiger partial charge is 0.262 e. The number of carbonyl (C=O) groups is 1. The Bertz CT molecular complexity index is 710. The molecule has 0 bridgehead atoms. The van der Waals surface area contributed by atoms with E-state index < -0.39 is 0 Å². The summed E-state index contributed by atoms with van der Waals surface area (Å²) >= 11 is 0. The van der Waals surface area contributed by atoms with Gasteiger partial charge in [-0.3, -0.25) is 4.79 Å². The largest absolute Gasteiger partial charge is 0.497 e. The number of aryl methyl sites for hydroxylation is 2. The highest BCUT2D eigenvalue weighted by Crippen LogP contribution is 2.29. The average molecular weight is 313 g/mol. The second kappa shape index (κ2) is 7.18. The van der Waals surface area contributed by atoms with Crippen LogP contribution in [0.5, 0.6) is 11.5 Å². The van der Waals surface area contributed by atoms with Crippen LogP contribution in [-0.4, -0.2) is 26.7 Å². The van der Waals surface area contributed by atoms with E-state index in [4.69, 9.17) is 9.47 Å². The number of ether oxygens (including phenoxy) is 2. The molecule has 0 radical (unpaired) electrons. The predicted octanol–water partition coefficient (Wildman–Crippen LogP) is 3.99. The Morgan fingerprint density at radius 1 is 1.04 bits per heavy atom. The summed E-state index contributed by atoms with van der Waals surface area (Å²) in [7, 11) is 3.14. The van der Waals surface area contributed by atoms with Crippen molar-refractivity contribution in [1.29, 1.82) is 0 Å². The van der Waals surface area contributed by atoms with E-state index >= 15 is 0 Å². The van der Waals surface area contributed by atoms with Crippen LogP contribution in [0, 0.1) is 13.8 Å². The van der Waals surface area contributed by atoms with Crippen molar-refractivity contribution in [2.24, 2.45) is 0 Å². The summed E-state index contributed by atoms with van der Waals surface area (Å²) in [4.78, 5) is 14.8. The average Bonchev–Trinajstić information content (AvgIpc) is 2.57. The van der Waals surface area contributed by atoms with Gasteiger partial charge in [0.1, 0.15) is 11.5 Å². The van der Waals surface area contributed by atoms with Crippen molar-refractivity contribution in [3.05, 3.63) is 53.1 Å². The molecule has 122 valence electrons. The van der Waals surface area contributed by atoms with Gasteiger partial charge in [0.25, 0.3) is 5.91 Å². The molecular weight excluding hydrogens is 290 g/mol. The van der Waals surface area contributed by atoms with Crippen LogP contribution in [0.15, 0.2) is 36.4 Å². The van der Waals surface area contributed by atoms with Gasteiger partial charge in [-0.15, -0.1) is 0 Å². The lowest BCUT2D eigenvalue weighted by Crippen LogP contribution is -2.31. The van der Waals surface area contributed by atoms with E-state index in [0.717, 1.165) is 16.8 Å². The third-order valence-corrected chi connectivity index (χ3v) is 3.85. The minimum atomic E-state index is -0.100. The van der Waals surface area contributed by atoms with Gasteiger partial charge < -0.3 is 14.4 Å². The standard InChI is InChI=1S/C19H23NO3/c1-6-20(17-11-13(2)7-8-14(17)3)19(21)16-12-15(22-4)9-10-18(16)23-5/h7-12H,6H2,1-5H3. The van der Waals surface area contributed by atoms with Crippen LogP contribution in [0.1, 0.15) is 28.4 Å². The van der Waals surface area contributed by atoms with Crippen LogP contribution < -0.4 is 14.4 Å². The number of rotatable bonds is 5. The Morgan fingerprint density at radius 2 is 1.78 bits per heavy atom. The van der Waals surface area contributed by atoms with E-state index in [1.54, 1.807) is 37.3 Å². The number of amides is 1. The Hall–Kier alpha value is -2.49. The maximum absolute atomic E-state index is 13.1. The number of benzene rings is 2. The van der Waals surface area contributed by atoms with Crippen LogP contribution in [-0.2, 0) is 0 Å². The third kappa shape index (κ3) is 3.47. The Labute approximate surface area is 137 Å². The molecule has 0 N–H and O–H groups in total. The first kappa shape index (κ1) is 16.9. The van der Waals surface area contributed by atoms with Crippen LogP contribution >= 0.6 is 0 Å². The zero-order valence-electron chi connectivity index (χ0n) is 14.3. The van der Waals surface area contributed by atoms with Gasteiger partial charge in [0.15, 0.2) is 0 Å². The molecule has 0 spiro atoms. The van der Waals surface area contributed by atoms with E-state index in [9.17, 15) is 4.79 Å². The minimum absolute atomic E-state index is 0.100. The number of anilines is 1. The lowest BCUT2D eigenvalue weighted by molar-refractivity contribution is 0.0985. The lowest BCUT2D eigenvalue weighted by Gasteiger charge is -2.24. The van der Waals surface area contributed by atoms with Gasteiger partial charge in [-0.1, -0.05) is 12.1 Å². The zero-order valence-corrected chi connectivity index (χ0v) is 14.3. The molecule has 0 saturated heterocycles. The Balaban J connectivity index is 2.50. The van der Waals surface area contributed by atoms with Crippen molar-refractivity contribution in [1.82, 2.24) is 0 Å². The summed E-state index contributed by atoms with van der Waals surface area (Å²) < 4.78 is 10.6. The van der Waals surface area contributed by atoms with E-state index in [1.165, 1.54) is 0 Å². The summed E-state index contributed by atoms with van der Waals surface area (Å²) in [6.07, 6.45) is 0. The molecule has 23 heavy (non-hydrogen) atoms. The number of nitrogens with zero attached hydrogens (tertiary/aromatic N) is 1. The molecule has 0 aromatic heterocycles. The van der Waals surface area contributed by atoms with Crippen LogP contribution in [0.2, 0.25) is 0 Å². The van der Waals surface area contributed by atoms with Crippen molar-refractivity contribution in [3.63, 3.8) is 0 Å². The second-order valence-electron chi connectivity index (χ2n) is 5.41. The maximum Gasteiger partial charge on any atom is 0.262 e. The monoisotopic (exact) mass is 313 g/mol. The molecule has 0 unspecified atom stereocenters. The van der Waals surface area contributed by atoms with E-state index in [-0.39, 0.29) is 5.91 Å². The lowest BCUT2D eigenvalue weighted by atomic mass is 10.1. The fourth-order valence-electron chi connectivity index (χ4n) is 2.56. The fourth-order valence-corrected chi connectivity index (χ4v) is 2.56. The normalized spacial score (nSPS) is 10.3. The Morgan fingerprint density at radius 3 is 2.39 bits per heavy atom. The molecule has 1 amide bonds. The first-order valence-electron chi connectivity index (χ1n) is 7.63. The van der Waals surface area contributed by atoms with Crippen LogP contribution in [0.3, 0.4) is 0 Å². The van der Waals surface area contributed by atoms with Crippen LogP contribution in [0.4, 0.5) is 5.69 Å². The Kier molecular flexibility index (Phi) is 5.27. The van der Waals surface area contributed by atoms with Crippen molar-refractivity contribution in [2.75, 3.05) is 25.7 Å². The highest BCUT2D eigenvalue weighted by molar-refractivity contribution is 6.08. The van der Waals surface area contributed by atoms with Crippen LogP contribution in [0.25, 0.3) is 0 Å². The second-order valence-corrected chi connectivity index (χ2v) is 5.41. The SMILES string of the molecule is CCN(C(=O)c1cc(OC)ccc1OC)c1cc(C)ccc1C. The van der Waals surface area contributed by atoms with E-state index in [2.05, 4.69) is 0 Å². The molecule has 0 atom stereocenters. The maximum atomic E-state index is 13.1. The van der Waals surface area contributed by atoms with Gasteiger partial charge in [0, 0.05) is 12.2 Å². The van der Waals surface area contributed by atoms with Crippen molar-refractivity contribution >= 4 is 11.6 Å². The number of carbonyl (C=O) groups excluding carboxylic acids is 1. The number of methoxy groups -OCH3 is 2. The predicted molar refractivity (Wildman–Crippen MR) is 92.8 cm³/mol. The molecule has 4 nitrogen and oxygen atoms in total. The zero-order chi connectivity index (χ0) is 17.0. The van der Waals surface area contributed by atoms with E-state index in [1.807, 2.05) is 39.0 Å². The van der Waals surface area contributed by atoms with E-state index in [0.29, 0.717) is 23.6 Å². The summed E-state index contributed by atoms with van der Waals surface area (Å²) in [5, 5.41) is 0. The molecule has 0 fully saturated rings. The molecule has 4 heteroatoms. The molecule has 0 heterocycles. The first-order valence-corrected chi connectivity index (χ1v) is 7.63. The fraction of sp³-hybridized carbons (Fsp3) is 0.316. The molecule has 0 saturated carbocycles. The van der Waals surface area contributed by atoms with Gasteiger partial charge in [-0.25, -0.2) is 0 Å². The highest BCUT2D eigenvalue weighted by Gasteiger charge is 2.22. The molecular formula is C19H23NO3. The van der Waals surface area contributed by atoms with Crippen molar-refractivity contribution in [3.8, 4) is 11.5 Å². The molecule has 2 aromatic carbocycles. The van der Waals surface area contributed by atoms with Gasteiger partial charge in [0.05, 0.1) is 19.8 Å².